The van der Waals surface area contributed by atoms with Crippen molar-refractivity contribution < 1.29 is 20.1 Å². The summed E-state index contributed by atoms with van der Waals surface area (Å²) in [4.78, 5) is 11.0. The molecule has 1 rings (SSSR count). The lowest BCUT2D eigenvalue weighted by atomic mass is 10.2. The van der Waals surface area contributed by atoms with E-state index in [1.807, 2.05) is 0 Å². The molecule has 6 nitrogen and oxygen atoms in total. The van der Waals surface area contributed by atoms with E-state index in [9.17, 15) is 9.90 Å². The molecule has 0 spiro atoms. The summed E-state index contributed by atoms with van der Waals surface area (Å²) < 4.78 is 4.65. The molecule has 6 N–H and O–H groups in total. The number of nitrogens with one attached hydrogen (secondary N) is 1. The number of nitrogens with two attached hydrogens (primary N) is 1. The maximum absolute atomic E-state index is 11.0. The molecular formula is C9H15ClN2O4. The summed E-state index contributed by atoms with van der Waals surface area (Å²) in [6.07, 6.45) is -0.559. The number of aromatic hydroxyl groups is 1. The third kappa shape index (κ3) is 4.72. The topological polar surface area (TPSA) is 116 Å². The Balaban J connectivity index is 0. The number of amides is 1. The first-order chi connectivity index (χ1) is 6.63. The van der Waals surface area contributed by atoms with Crippen molar-refractivity contribution >= 4 is 29.9 Å². The van der Waals surface area contributed by atoms with E-state index in [-0.39, 0.29) is 29.3 Å². The SMILES string of the molecule is CCOC(=O)Nc1ccc(N)c(O)c1.Cl.O. The van der Waals surface area contributed by atoms with E-state index in [1.165, 1.54) is 12.1 Å². The zero-order chi connectivity index (χ0) is 10.6. The van der Waals surface area contributed by atoms with Gasteiger partial charge < -0.3 is 21.1 Å². The van der Waals surface area contributed by atoms with Gasteiger partial charge in [0.1, 0.15) is 5.75 Å². The number of hydrogen-bond acceptors (Lipinski definition) is 4. The molecule has 0 heterocycles. The van der Waals surface area contributed by atoms with Crippen LogP contribution in [0, 0.1) is 0 Å². The lowest BCUT2D eigenvalue weighted by Gasteiger charge is -2.06. The first kappa shape index (κ1) is 16.8. The summed E-state index contributed by atoms with van der Waals surface area (Å²) >= 11 is 0. The maximum Gasteiger partial charge on any atom is 0.411 e. The normalized spacial score (nSPS) is 8.31. The van der Waals surface area contributed by atoms with Gasteiger partial charge in [-0.2, -0.15) is 0 Å². The van der Waals surface area contributed by atoms with Gasteiger partial charge in [0.05, 0.1) is 12.3 Å². The molecule has 0 saturated carbocycles. The van der Waals surface area contributed by atoms with E-state index >= 15 is 0 Å². The highest BCUT2D eigenvalue weighted by Crippen LogP contribution is 2.23. The summed E-state index contributed by atoms with van der Waals surface area (Å²) in [5.74, 6) is -0.0701. The van der Waals surface area contributed by atoms with E-state index < -0.39 is 6.09 Å². The molecule has 0 fully saturated rings. The van der Waals surface area contributed by atoms with Gasteiger partial charge >= 0.3 is 6.09 Å². The largest absolute Gasteiger partial charge is 0.506 e. The van der Waals surface area contributed by atoms with Crippen LogP contribution >= 0.6 is 12.4 Å². The van der Waals surface area contributed by atoms with Crippen molar-refractivity contribution in [2.24, 2.45) is 0 Å². The van der Waals surface area contributed by atoms with Crippen molar-refractivity contribution in [3.63, 3.8) is 0 Å². The highest BCUT2D eigenvalue weighted by Gasteiger charge is 2.03. The van der Waals surface area contributed by atoms with Crippen molar-refractivity contribution in [1.29, 1.82) is 0 Å². The minimum atomic E-state index is -0.559. The summed E-state index contributed by atoms with van der Waals surface area (Å²) in [5.41, 5.74) is 6.09. The van der Waals surface area contributed by atoms with Crippen LogP contribution in [-0.2, 0) is 4.74 Å². The fourth-order valence-corrected chi connectivity index (χ4v) is 0.906. The van der Waals surface area contributed by atoms with Gasteiger partial charge in [-0.25, -0.2) is 4.79 Å². The number of rotatable bonds is 2. The second-order valence-corrected chi connectivity index (χ2v) is 2.62. The number of nitrogen functional groups attached to an aromatic ring is 1. The highest BCUT2D eigenvalue weighted by molar-refractivity contribution is 5.85. The van der Waals surface area contributed by atoms with Crippen LogP contribution in [0.15, 0.2) is 18.2 Å². The number of ether oxygens (including phenoxy) is 1. The molecule has 0 aliphatic rings. The number of carbonyl (C=O) groups excluding carboxylic acids is 1. The van der Waals surface area contributed by atoms with Gasteiger partial charge in [-0.05, 0) is 19.1 Å². The number of anilines is 2. The molecule has 1 aromatic carbocycles. The number of phenols is 1. The van der Waals surface area contributed by atoms with Crippen LogP contribution in [0.5, 0.6) is 5.75 Å². The van der Waals surface area contributed by atoms with Gasteiger partial charge in [-0.1, -0.05) is 0 Å². The van der Waals surface area contributed by atoms with Crippen LogP contribution in [0.25, 0.3) is 0 Å². The summed E-state index contributed by atoms with van der Waals surface area (Å²) in [6.45, 7) is 2.01. The van der Waals surface area contributed by atoms with E-state index in [4.69, 9.17) is 5.73 Å². The number of hydrogen-bond donors (Lipinski definition) is 3. The van der Waals surface area contributed by atoms with Crippen molar-refractivity contribution in [1.82, 2.24) is 0 Å². The number of phenolic OH excluding ortho intramolecular Hbond substituents is 1. The molecule has 7 heteroatoms. The van der Waals surface area contributed by atoms with Crippen molar-refractivity contribution in [2.45, 2.75) is 6.92 Å². The van der Waals surface area contributed by atoms with Gasteiger partial charge in [0.2, 0.25) is 0 Å². The number of carbonyl (C=O) groups is 1. The molecule has 92 valence electrons. The average molecular weight is 251 g/mol. The average Bonchev–Trinajstić information content (AvgIpc) is 2.12. The molecule has 1 amide bonds. The summed E-state index contributed by atoms with van der Waals surface area (Å²) in [6, 6.07) is 4.43. The molecule has 0 atom stereocenters. The number of halogens is 1. The Labute approximate surface area is 99.1 Å². The first-order valence-corrected chi connectivity index (χ1v) is 4.15. The second-order valence-electron chi connectivity index (χ2n) is 2.62. The molecule has 0 aliphatic carbocycles. The Morgan fingerprint density at radius 2 is 2.19 bits per heavy atom. The van der Waals surface area contributed by atoms with Crippen LogP contribution in [-0.4, -0.2) is 23.3 Å². The predicted octanol–water partition coefficient (Wildman–Crippen LogP) is 1.14. The van der Waals surface area contributed by atoms with Gasteiger partial charge in [-0.15, -0.1) is 12.4 Å². The summed E-state index contributed by atoms with van der Waals surface area (Å²) in [7, 11) is 0. The van der Waals surface area contributed by atoms with E-state index in [0.29, 0.717) is 12.3 Å². The lowest BCUT2D eigenvalue weighted by molar-refractivity contribution is 0.168. The van der Waals surface area contributed by atoms with Crippen molar-refractivity contribution in [2.75, 3.05) is 17.7 Å². The Kier molecular flexibility index (Phi) is 7.97. The van der Waals surface area contributed by atoms with Crippen LogP contribution < -0.4 is 11.1 Å². The summed E-state index contributed by atoms with van der Waals surface area (Å²) in [5, 5.41) is 11.7. The third-order valence-electron chi connectivity index (χ3n) is 1.55. The van der Waals surface area contributed by atoms with Crippen LogP contribution in [0.4, 0.5) is 16.2 Å². The van der Waals surface area contributed by atoms with Crippen molar-refractivity contribution in [3.8, 4) is 5.75 Å². The number of benzene rings is 1. The van der Waals surface area contributed by atoms with Gasteiger partial charge in [-0.3, -0.25) is 5.32 Å². The minimum Gasteiger partial charge on any atom is -0.506 e. The maximum atomic E-state index is 11.0. The van der Waals surface area contributed by atoms with E-state index in [0.717, 1.165) is 0 Å². The van der Waals surface area contributed by atoms with Crippen LogP contribution in [0.1, 0.15) is 6.92 Å². The van der Waals surface area contributed by atoms with E-state index in [1.54, 1.807) is 13.0 Å². The quantitative estimate of drug-likeness (QED) is 0.539. The van der Waals surface area contributed by atoms with Crippen LogP contribution in [0.2, 0.25) is 0 Å². The molecule has 0 aromatic heterocycles. The molecule has 0 saturated heterocycles. The molecule has 0 bridgehead atoms. The Bertz CT molecular complexity index is 346. The fourth-order valence-electron chi connectivity index (χ4n) is 0.906. The smallest absolute Gasteiger partial charge is 0.411 e. The van der Waals surface area contributed by atoms with Crippen molar-refractivity contribution in [3.05, 3.63) is 18.2 Å². The molecule has 0 aliphatic heterocycles. The monoisotopic (exact) mass is 250 g/mol. The standard InChI is InChI=1S/C9H12N2O3.ClH.H2O/c1-2-14-9(13)11-6-3-4-7(10)8(12)5-6;;/h3-5,12H,2,10H2,1H3,(H,11,13);1H;1H2. The Hall–Kier alpha value is -1.66. The van der Waals surface area contributed by atoms with Gasteiger partial charge in [0.15, 0.2) is 0 Å². The fraction of sp³-hybridized carbons (Fsp3) is 0.222. The molecule has 1 aromatic rings. The van der Waals surface area contributed by atoms with Crippen LogP contribution in [0.3, 0.4) is 0 Å². The van der Waals surface area contributed by atoms with Gasteiger partial charge in [0, 0.05) is 11.8 Å². The lowest BCUT2D eigenvalue weighted by Crippen LogP contribution is -2.13. The molecule has 0 radical (unpaired) electrons. The first-order valence-electron chi connectivity index (χ1n) is 4.15. The highest BCUT2D eigenvalue weighted by atomic mass is 35.5. The predicted molar refractivity (Wildman–Crippen MR) is 64.0 cm³/mol. The zero-order valence-corrected chi connectivity index (χ0v) is 9.50. The minimum absolute atomic E-state index is 0. The zero-order valence-electron chi connectivity index (χ0n) is 8.69. The van der Waals surface area contributed by atoms with E-state index in [2.05, 4.69) is 10.1 Å². The third-order valence-corrected chi connectivity index (χ3v) is 1.55. The molecular weight excluding hydrogens is 236 g/mol. The van der Waals surface area contributed by atoms with Gasteiger partial charge in [0.25, 0.3) is 0 Å². The molecule has 0 unspecified atom stereocenters. The second kappa shape index (κ2) is 7.61. The Morgan fingerprint density at radius 3 is 2.69 bits per heavy atom. The molecule has 16 heavy (non-hydrogen) atoms. The Morgan fingerprint density at radius 1 is 1.56 bits per heavy atom.